The summed E-state index contributed by atoms with van der Waals surface area (Å²) in [5, 5.41) is 2.89. The minimum Gasteiger partial charge on any atom is -0.352 e. The lowest BCUT2D eigenvalue weighted by Gasteiger charge is -2.10. The molecule has 0 heterocycles. The molecular formula is C19H22N2O3S. The van der Waals surface area contributed by atoms with E-state index < -0.39 is 10.0 Å². The summed E-state index contributed by atoms with van der Waals surface area (Å²) < 4.78 is 27.5. The van der Waals surface area contributed by atoms with Crippen LogP contribution in [-0.4, -0.2) is 20.9 Å². The zero-order chi connectivity index (χ0) is 18.0. The first-order chi connectivity index (χ1) is 11.8. The Balaban J connectivity index is 1.69. The molecule has 0 spiro atoms. The second-order valence-corrected chi connectivity index (χ2v) is 8.26. The number of amides is 1. The molecule has 132 valence electrons. The average Bonchev–Trinajstić information content (AvgIpc) is 3.40. The van der Waals surface area contributed by atoms with Crippen molar-refractivity contribution < 1.29 is 13.2 Å². The lowest BCUT2D eigenvalue weighted by molar-refractivity contribution is 0.0952. The Kier molecular flexibility index (Phi) is 4.81. The fourth-order valence-corrected chi connectivity index (χ4v) is 3.59. The Morgan fingerprint density at radius 3 is 2.32 bits per heavy atom. The van der Waals surface area contributed by atoms with E-state index >= 15 is 0 Å². The van der Waals surface area contributed by atoms with Gasteiger partial charge in [0.1, 0.15) is 0 Å². The van der Waals surface area contributed by atoms with Crippen LogP contribution in [0, 0.1) is 19.8 Å². The van der Waals surface area contributed by atoms with E-state index in [1.165, 1.54) is 12.8 Å². The van der Waals surface area contributed by atoms with Crippen LogP contribution < -0.4 is 10.0 Å². The molecule has 25 heavy (non-hydrogen) atoms. The molecule has 2 aromatic rings. The third kappa shape index (κ3) is 4.39. The van der Waals surface area contributed by atoms with Gasteiger partial charge >= 0.3 is 0 Å². The summed E-state index contributed by atoms with van der Waals surface area (Å²) in [5.41, 5.74) is 2.91. The van der Waals surface area contributed by atoms with E-state index in [-0.39, 0.29) is 10.8 Å². The second-order valence-electron chi connectivity index (χ2n) is 6.58. The Morgan fingerprint density at radius 1 is 1.04 bits per heavy atom. The number of aryl methyl sites for hydroxylation is 2. The largest absolute Gasteiger partial charge is 0.352 e. The predicted octanol–water partition coefficient (Wildman–Crippen LogP) is 3.24. The lowest BCUT2D eigenvalue weighted by Crippen LogP contribution is -2.25. The molecule has 0 unspecified atom stereocenters. The van der Waals surface area contributed by atoms with Gasteiger partial charge in [-0.3, -0.25) is 9.52 Å². The standard InChI is InChI=1S/C19H22N2O3S/c1-13-3-10-18(11-14(13)2)25(23,24)21-17-8-6-16(7-9-17)19(22)20-12-15-4-5-15/h3,6-11,15,21H,4-5,12H2,1-2H3,(H,20,22). The second kappa shape index (κ2) is 6.88. The van der Waals surface area contributed by atoms with Gasteiger partial charge in [-0.1, -0.05) is 6.07 Å². The molecule has 5 nitrogen and oxygen atoms in total. The number of sulfonamides is 1. The monoisotopic (exact) mass is 358 g/mol. The Hall–Kier alpha value is -2.34. The highest BCUT2D eigenvalue weighted by Gasteiger charge is 2.22. The van der Waals surface area contributed by atoms with Crippen molar-refractivity contribution in [3.05, 3.63) is 59.2 Å². The van der Waals surface area contributed by atoms with Crippen molar-refractivity contribution in [1.29, 1.82) is 0 Å². The van der Waals surface area contributed by atoms with Crippen LogP contribution in [0.4, 0.5) is 5.69 Å². The lowest BCUT2D eigenvalue weighted by atomic mass is 10.1. The summed E-state index contributed by atoms with van der Waals surface area (Å²) in [6.45, 7) is 4.52. The molecule has 0 atom stereocenters. The molecule has 1 amide bonds. The van der Waals surface area contributed by atoms with Gasteiger partial charge in [-0.2, -0.15) is 0 Å². The van der Waals surface area contributed by atoms with Crippen LogP contribution in [0.3, 0.4) is 0 Å². The molecule has 1 saturated carbocycles. The first-order valence-electron chi connectivity index (χ1n) is 8.33. The van der Waals surface area contributed by atoms with E-state index in [9.17, 15) is 13.2 Å². The number of nitrogens with one attached hydrogen (secondary N) is 2. The van der Waals surface area contributed by atoms with E-state index in [4.69, 9.17) is 0 Å². The fourth-order valence-electron chi connectivity index (χ4n) is 2.45. The quantitative estimate of drug-likeness (QED) is 0.832. The van der Waals surface area contributed by atoms with Gasteiger partial charge in [0.15, 0.2) is 0 Å². The third-order valence-corrected chi connectivity index (χ3v) is 5.82. The average molecular weight is 358 g/mol. The topological polar surface area (TPSA) is 75.3 Å². The zero-order valence-corrected chi connectivity index (χ0v) is 15.2. The molecule has 2 N–H and O–H groups in total. The summed E-state index contributed by atoms with van der Waals surface area (Å²) in [7, 11) is -3.65. The summed E-state index contributed by atoms with van der Waals surface area (Å²) in [5.74, 6) is 0.489. The fraction of sp³-hybridized carbons (Fsp3) is 0.316. The van der Waals surface area contributed by atoms with Gasteiger partial charge < -0.3 is 5.32 Å². The highest BCUT2D eigenvalue weighted by molar-refractivity contribution is 7.92. The van der Waals surface area contributed by atoms with Gasteiger partial charge in [-0.25, -0.2) is 8.42 Å². The minimum absolute atomic E-state index is 0.129. The SMILES string of the molecule is Cc1ccc(S(=O)(=O)Nc2ccc(C(=O)NCC3CC3)cc2)cc1C. The molecule has 3 rings (SSSR count). The predicted molar refractivity (Wildman–Crippen MR) is 98.2 cm³/mol. The summed E-state index contributed by atoms with van der Waals surface area (Å²) in [6.07, 6.45) is 2.36. The normalized spacial score (nSPS) is 14.2. The van der Waals surface area contributed by atoms with Crippen LogP contribution in [0.5, 0.6) is 0 Å². The van der Waals surface area contributed by atoms with Crippen LogP contribution in [0.15, 0.2) is 47.4 Å². The Bertz CT molecular complexity index is 885. The molecule has 2 aromatic carbocycles. The van der Waals surface area contributed by atoms with Gasteiger partial charge in [0.25, 0.3) is 15.9 Å². The molecule has 0 saturated heterocycles. The van der Waals surface area contributed by atoms with Crippen molar-refractivity contribution >= 4 is 21.6 Å². The van der Waals surface area contributed by atoms with Crippen LogP contribution >= 0.6 is 0 Å². The highest BCUT2D eigenvalue weighted by Crippen LogP contribution is 2.27. The molecule has 1 aliphatic carbocycles. The van der Waals surface area contributed by atoms with E-state index in [1.807, 2.05) is 13.8 Å². The van der Waals surface area contributed by atoms with Crippen molar-refractivity contribution in [3.63, 3.8) is 0 Å². The number of hydrogen-bond acceptors (Lipinski definition) is 3. The van der Waals surface area contributed by atoms with Crippen molar-refractivity contribution in [3.8, 4) is 0 Å². The number of carbonyl (C=O) groups is 1. The van der Waals surface area contributed by atoms with Crippen LogP contribution in [0.25, 0.3) is 0 Å². The van der Waals surface area contributed by atoms with Gasteiger partial charge in [-0.05, 0) is 80.1 Å². The number of benzene rings is 2. The molecule has 0 aliphatic heterocycles. The molecule has 1 fully saturated rings. The van der Waals surface area contributed by atoms with E-state index in [1.54, 1.807) is 42.5 Å². The van der Waals surface area contributed by atoms with Crippen LogP contribution in [-0.2, 0) is 10.0 Å². The van der Waals surface area contributed by atoms with Crippen molar-refractivity contribution in [2.24, 2.45) is 5.92 Å². The van der Waals surface area contributed by atoms with Crippen molar-refractivity contribution in [2.75, 3.05) is 11.3 Å². The molecule has 0 bridgehead atoms. The number of anilines is 1. The zero-order valence-electron chi connectivity index (χ0n) is 14.4. The van der Waals surface area contributed by atoms with E-state index in [2.05, 4.69) is 10.0 Å². The van der Waals surface area contributed by atoms with Crippen molar-refractivity contribution in [1.82, 2.24) is 5.32 Å². The third-order valence-electron chi connectivity index (χ3n) is 4.44. The molecule has 0 aromatic heterocycles. The van der Waals surface area contributed by atoms with Crippen LogP contribution in [0.2, 0.25) is 0 Å². The number of rotatable bonds is 6. The molecule has 6 heteroatoms. The first-order valence-corrected chi connectivity index (χ1v) is 9.82. The smallest absolute Gasteiger partial charge is 0.261 e. The number of hydrogen-bond donors (Lipinski definition) is 2. The maximum atomic E-state index is 12.5. The summed E-state index contributed by atoms with van der Waals surface area (Å²) in [4.78, 5) is 12.2. The summed E-state index contributed by atoms with van der Waals surface area (Å²) >= 11 is 0. The Labute approximate surface area is 148 Å². The maximum absolute atomic E-state index is 12.5. The van der Waals surface area contributed by atoms with Crippen molar-refractivity contribution in [2.45, 2.75) is 31.6 Å². The minimum atomic E-state index is -3.65. The molecular weight excluding hydrogens is 336 g/mol. The highest BCUT2D eigenvalue weighted by atomic mass is 32.2. The number of carbonyl (C=O) groups excluding carboxylic acids is 1. The first kappa shape index (κ1) is 17.5. The van der Waals surface area contributed by atoms with Gasteiger partial charge in [0, 0.05) is 17.8 Å². The molecule has 1 aliphatic rings. The van der Waals surface area contributed by atoms with Gasteiger partial charge in [0.05, 0.1) is 4.90 Å². The maximum Gasteiger partial charge on any atom is 0.261 e. The molecule has 0 radical (unpaired) electrons. The van der Waals surface area contributed by atoms with E-state index in [0.717, 1.165) is 11.1 Å². The Morgan fingerprint density at radius 2 is 1.72 bits per heavy atom. The van der Waals surface area contributed by atoms with Gasteiger partial charge in [-0.15, -0.1) is 0 Å². The summed E-state index contributed by atoms with van der Waals surface area (Å²) in [6, 6.07) is 11.5. The van der Waals surface area contributed by atoms with E-state index in [0.29, 0.717) is 23.7 Å². The van der Waals surface area contributed by atoms with Crippen LogP contribution in [0.1, 0.15) is 34.3 Å². The van der Waals surface area contributed by atoms with Gasteiger partial charge in [0.2, 0.25) is 0 Å².